The van der Waals surface area contributed by atoms with Gasteiger partial charge in [0.2, 0.25) is 0 Å². The summed E-state index contributed by atoms with van der Waals surface area (Å²) < 4.78 is 7.61. The van der Waals surface area contributed by atoms with Crippen molar-refractivity contribution < 1.29 is 4.74 Å². The van der Waals surface area contributed by atoms with Gasteiger partial charge in [0.15, 0.2) is 5.82 Å². The summed E-state index contributed by atoms with van der Waals surface area (Å²) in [5.41, 5.74) is 0. The van der Waals surface area contributed by atoms with Crippen LogP contribution in [0.5, 0.6) is 0 Å². The Kier molecular flexibility index (Phi) is 6.64. The molecule has 0 spiro atoms. The van der Waals surface area contributed by atoms with Gasteiger partial charge in [-0.2, -0.15) is 5.10 Å². The first kappa shape index (κ1) is 16.4. The Hall–Kier alpha value is -0.940. The van der Waals surface area contributed by atoms with Crippen LogP contribution in [0.4, 0.5) is 0 Å². The van der Waals surface area contributed by atoms with Crippen LogP contribution in [0, 0.1) is 0 Å². The Labute approximate surface area is 128 Å². The molecule has 0 unspecified atom stereocenters. The summed E-state index contributed by atoms with van der Waals surface area (Å²) in [6.07, 6.45) is 7.44. The Morgan fingerprint density at radius 3 is 2.86 bits per heavy atom. The third kappa shape index (κ3) is 4.51. The summed E-state index contributed by atoms with van der Waals surface area (Å²) in [7, 11) is 2.22. The number of rotatable bonds is 7. The van der Waals surface area contributed by atoms with Gasteiger partial charge in [-0.05, 0) is 39.8 Å². The quantitative estimate of drug-likeness (QED) is 0.775. The molecule has 0 N–H and O–H groups in total. The second-order valence-corrected chi connectivity index (χ2v) is 5.95. The van der Waals surface area contributed by atoms with Gasteiger partial charge in [-0.3, -0.25) is 4.90 Å². The van der Waals surface area contributed by atoms with Crippen LogP contribution in [0.3, 0.4) is 0 Å². The minimum atomic E-state index is 0.409. The molecule has 21 heavy (non-hydrogen) atoms. The van der Waals surface area contributed by atoms with Crippen LogP contribution in [0.15, 0.2) is 0 Å². The summed E-state index contributed by atoms with van der Waals surface area (Å²) in [5.74, 6) is 1.98. The van der Waals surface area contributed by atoms with Crippen LogP contribution < -0.4 is 0 Å². The molecule has 1 saturated heterocycles. The molecule has 1 aliphatic heterocycles. The first-order valence-electron chi connectivity index (χ1n) is 8.47. The second-order valence-electron chi connectivity index (χ2n) is 5.95. The van der Waals surface area contributed by atoms with Crippen LogP contribution in [0.1, 0.15) is 70.1 Å². The predicted molar refractivity (Wildman–Crippen MR) is 84.1 cm³/mol. The molecule has 0 amide bonds. The molecule has 1 aromatic heterocycles. The highest BCUT2D eigenvalue weighted by Crippen LogP contribution is 2.28. The van der Waals surface area contributed by atoms with Crippen LogP contribution in [-0.2, 0) is 17.9 Å². The van der Waals surface area contributed by atoms with Crippen molar-refractivity contribution in [2.45, 2.75) is 71.6 Å². The molecule has 5 heteroatoms. The summed E-state index contributed by atoms with van der Waals surface area (Å²) >= 11 is 0. The maximum atomic E-state index is 5.48. The first-order valence-corrected chi connectivity index (χ1v) is 8.47. The maximum absolute atomic E-state index is 5.48. The van der Waals surface area contributed by atoms with Gasteiger partial charge in [-0.25, -0.2) is 9.67 Å². The topological polar surface area (TPSA) is 43.2 Å². The zero-order valence-electron chi connectivity index (χ0n) is 13.8. The third-order valence-electron chi connectivity index (χ3n) is 4.22. The number of nitrogens with zero attached hydrogens (tertiary/aromatic N) is 4. The van der Waals surface area contributed by atoms with Gasteiger partial charge in [0, 0.05) is 13.2 Å². The minimum Gasteiger partial charge on any atom is -0.374 e. The standard InChI is InChI=1S/C16H30N4O/c1-4-6-12-20-16(17-15(18-20)13-21-5-2)14-10-8-7-9-11-19(14)3/h14H,4-13H2,1-3H3/t14-/m0/s1. The van der Waals surface area contributed by atoms with Crippen LogP contribution in [-0.4, -0.2) is 39.9 Å². The summed E-state index contributed by atoms with van der Waals surface area (Å²) in [4.78, 5) is 7.25. The Morgan fingerprint density at radius 2 is 2.10 bits per heavy atom. The largest absolute Gasteiger partial charge is 0.374 e. The van der Waals surface area contributed by atoms with Crippen molar-refractivity contribution >= 4 is 0 Å². The van der Waals surface area contributed by atoms with Gasteiger partial charge in [-0.1, -0.05) is 26.2 Å². The van der Waals surface area contributed by atoms with E-state index in [-0.39, 0.29) is 0 Å². The number of ether oxygens (including phenoxy) is 1. The van der Waals surface area contributed by atoms with Gasteiger partial charge in [0.05, 0.1) is 6.04 Å². The molecule has 5 nitrogen and oxygen atoms in total. The lowest BCUT2D eigenvalue weighted by Crippen LogP contribution is -2.27. The molecule has 0 radical (unpaired) electrons. The molecule has 0 aliphatic carbocycles. The van der Waals surface area contributed by atoms with Crippen molar-refractivity contribution in [3.8, 4) is 0 Å². The van der Waals surface area contributed by atoms with Gasteiger partial charge in [0.25, 0.3) is 0 Å². The molecule has 1 aromatic rings. The minimum absolute atomic E-state index is 0.409. The number of aromatic nitrogens is 3. The second kappa shape index (κ2) is 8.49. The van der Waals surface area contributed by atoms with Gasteiger partial charge in [-0.15, -0.1) is 0 Å². The fourth-order valence-electron chi connectivity index (χ4n) is 2.95. The molecule has 120 valence electrons. The zero-order chi connectivity index (χ0) is 15.1. The fourth-order valence-corrected chi connectivity index (χ4v) is 2.95. The smallest absolute Gasteiger partial charge is 0.176 e. The predicted octanol–water partition coefficient (Wildman–Crippen LogP) is 3.16. The monoisotopic (exact) mass is 294 g/mol. The van der Waals surface area contributed by atoms with Crippen LogP contribution in [0.25, 0.3) is 0 Å². The number of aryl methyl sites for hydroxylation is 1. The average molecular weight is 294 g/mol. The van der Waals surface area contributed by atoms with Gasteiger partial charge < -0.3 is 4.74 Å². The SMILES string of the molecule is CCCCn1nc(COCC)nc1[C@@H]1CCCCCN1C. The zero-order valence-corrected chi connectivity index (χ0v) is 13.8. The lowest BCUT2D eigenvalue weighted by Gasteiger charge is -2.25. The van der Waals surface area contributed by atoms with E-state index >= 15 is 0 Å². The highest BCUT2D eigenvalue weighted by atomic mass is 16.5. The molecule has 0 bridgehead atoms. The number of likely N-dealkylation sites (tertiary alicyclic amines) is 1. The summed E-state index contributed by atoms with van der Waals surface area (Å²) in [6, 6.07) is 0.409. The van der Waals surface area contributed by atoms with E-state index in [4.69, 9.17) is 9.72 Å². The Balaban J connectivity index is 2.18. The average Bonchev–Trinajstić information content (AvgIpc) is 2.76. The van der Waals surface area contributed by atoms with Crippen molar-refractivity contribution in [1.82, 2.24) is 19.7 Å². The van der Waals surface area contributed by atoms with E-state index < -0.39 is 0 Å². The maximum Gasteiger partial charge on any atom is 0.176 e. The molecule has 0 saturated carbocycles. The third-order valence-corrected chi connectivity index (χ3v) is 4.22. The molecule has 1 aliphatic rings. The van der Waals surface area contributed by atoms with Crippen molar-refractivity contribution in [3.05, 3.63) is 11.6 Å². The normalized spacial score (nSPS) is 20.6. The number of unbranched alkanes of at least 4 members (excludes halogenated alkanes) is 1. The van der Waals surface area contributed by atoms with E-state index in [0.717, 1.165) is 31.2 Å². The Bertz CT molecular complexity index is 418. The van der Waals surface area contributed by atoms with Gasteiger partial charge in [0.1, 0.15) is 12.4 Å². The lowest BCUT2D eigenvalue weighted by molar-refractivity contribution is 0.128. The van der Waals surface area contributed by atoms with Crippen molar-refractivity contribution in [2.24, 2.45) is 0 Å². The first-order chi connectivity index (χ1) is 10.3. The molecule has 2 heterocycles. The molecule has 1 atom stereocenters. The number of hydrogen-bond donors (Lipinski definition) is 0. The summed E-state index contributed by atoms with van der Waals surface area (Å²) in [6.45, 7) is 7.59. The van der Waals surface area contributed by atoms with E-state index in [0.29, 0.717) is 19.3 Å². The van der Waals surface area contributed by atoms with Gasteiger partial charge >= 0.3 is 0 Å². The van der Waals surface area contributed by atoms with Crippen molar-refractivity contribution in [3.63, 3.8) is 0 Å². The Morgan fingerprint density at radius 1 is 1.24 bits per heavy atom. The molecular weight excluding hydrogens is 264 g/mol. The van der Waals surface area contributed by atoms with Crippen molar-refractivity contribution in [1.29, 1.82) is 0 Å². The van der Waals surface area contributed by atoms with E-state index in [9.17, 15) is 0 Å². The molecule has 0 aromatic carbocycles. The lowest BCUT2D eigenvalue weighted by atomic mass is 10.1. The fraction of sp³-hybridized carbons (Fsp3) is 0.875. The molecule has 1 fully saturated rings. The van der Waals surface area contributed by atoms with Crippen molar-refractivity contribution in [2.75, 3.05) is 20.2 Å². The molecule has 2 rings (SSSR count). The van der Waals surface area contributed by atoms with E-state index in [1.807, 2.05) is 6.92 Å². The highest BCUT2D eigenvalue weighted by Gasteiger charge is 2.25. The van der Waals surface area contributed by atoms with Crippen LogP contribution >= 0.6 is 0 Å². The van der Waals surface area contributed by atoms with E-state index in [1.165, 1.54) is 32.1 Å². The summed E-state index contributed by atoms with van der Waals surface area (Å²) in [5, 5.41) is 4.68. The van der Waals surface area contributed by atoms with E-state index in [1.54, 1.807) is 0 Å². The van der Waals surface area contributed by atoms with Crippen LogP contribution in [0.2, 0.25) is 0 Å². The number of hydrogen-bond acceptors (Lipinski definition) is 4. The van der Waals surface area contributed by atoms with E-state index in [2.05, 4.69) is 28.7 Å². The molecular formula is C16H30N4O. The highest BCUT2D eigenvalue weighted by molar-refractivity contribution is 5.00.